The third-order valence-corrected chi connectivity index (χ3v) is 6.59. The monoisotopic (exact) mass is 390 g/mol. The van der Waals surface area contributed by atoms with Crippen LogP contribution >= 0.6 is 0 Å². The zero-order valence-corrected chi connectivity index (χ0v) is 17.7. The van der Waals surface area contributed by atoms with Crippen LogP contribution in [0.1, 0.15) is 62.2 Å². The van der Waals surface area contributed by atoms with Crippen LogP contribution in [0.25, 0.3) is 0 Å². The predicted molar refractivity (Wildman–Crippen MR) is 110 cm³/mol. The van der Waals surface area contributed by atoms with Crippen molar-refractivity contribution < 1.29 is 23.5 Å². The lowest BCUT2D eigenvalue weighted by Gasteiger charge is -2.51. The molecule has 0 amide bonds. The van der Waals surface area contributed by atoms with Gasteiger partial charge in [-0.1, -0.05) is 13.3 Å². The van der Waals surface area contributed by atoms with Gasteiger partial charge in [-0.2, -0.15) is 0 Å². The average molecular weight is 391 g/mol. The number of nitrogens with zero attached hydrogens (tertiary/aromatic N) is 1. The van der Waals surface area contributed by atoms with Crippen LogP contribution in [0.3, 0.4) is 0 Å². The molecule has 3 rings (SSSR count). The Kier molecular flexibility index (Phi) is 7.22. The van der Waals surface area contributed by atoms with E-state index in [1.54, 1.807) is 25.3 Å². The van der Waals surface area contributed by atoms with Gasteiger partial charge in [0.1, 0.15) is 6.61 Å². The maximum Gasteiger partial charge on any atom is 0.338 e. The van der Waals surface area contributed by atoms with E-state index in [1.165, 1.54) is 49.7 Å². The molecule has 2 saturated heterocycles. The Hall–Kier alpha value is -1.75. The Morgan fingerprint density at radius 3 is 2.75 bits per heavy atom. The highest BCUT2D eigenvalue weighted by atomic mass is 16.5. The van der Waals surface area contributed by atoms with Crippen LogP contribution in [-0.2, 0) is 4.74 Å². The van der Waals surface area contributed by atoms with Gasteiger partial charge in [-0.25, -0.2) is 4.79 Å². The van der Waals surface area contributed by atoms with E-state index in [9.17, 15) is 4.79 Å². The molecule has 0 bridgehead atoms. The maximum atomic E-state index is 12.6. The molecule has 0 aromatic heterocycles. The number of methoxy groups -OCH3 is 1. The number of ether oxygens (including phenoxy) is 3. The van der Waals surface area contributed by atoms with E-state index in [2.05, 4.69) is 14.0 Å². The summed E-state index contributed by atoms with van der Waals surface area (Å²) < 4.78 is 18.1. The highest BCUT2D eigenvalue weighted by Gasteiger charge is 2.43. The minimum absolute atomic E-state index is 0.269. The zero-order chi connectivity index (χ0) is 20.0. The second kappa shape index (κ2) is 9.64. The number of hydrogen-bond donors (Lipinski definition) is 0. The topological polar surface area (TPSA) is 44.8 Å². The number of quaternary nitrogens is 1. The second-order valence-corrected chi connectivity index (χ2v) is 8.56. The van der Waals surface area contributed by atoms with E-state index in [0.717, 1.165) is 12.8 Å². The van der Waals surface area contributed by atoms with E-state index >= 15 is 0 Å². The van der Waals surface area contributed by atoms with Crippen molar-refractivity contribution in [3.05, 3.63) is 23.8 Å². The molecule has 0 radical (unpaired) electrons. The number of hydrogen-bond acceptors (Lipinski definition) is 4. The fourth-order valence-electron chi connectivity index (χ4n) is 4.93. The summed E-state index contributed by atoms with van der Waals surface area (Å²) in [4.78, 5) is 12.6. The lowest BCUT2D eigenvalue weighted by Crippen LogP contribution is -2.61. The minimum atomic E-state index is -0.269. The van der Waals surface area contributed by atoms with E-state index < -0.39 is 0 Å². The van der Waals surface area contributed by atoms with Gasteiger partial charge in [0.15, 0.2) is 11.5 Å². The third-order valence-electron chi connectivity index (χ3n) is 6.59. The molecule has 156 valence electrons. The van der Waals surface area contributed by atoms with Crippen molar-refractivity contribution in [3.8, 4) is 11.5 Å². The Labute approximate surface area is 169 Å². The Balaban J connectivity index is 1.59. The van der Waals surface area contributed by atoms with Gasteiger partial charge in [0.25, 0.3) is 0 Å². The first-order chi connectivity index (χ1) is 13.6. The molecule has 0 N–H and O–H groups in total. The fraction of sp³-hybridized carbons (Fsp3) is 0.696. The van der Waals surface area contributed by atoms with E-state index in [4.69, 9.17) is 14.2 Å². The Morgan fingerprint density at radius 2 is 1.96 bits per heavy atom. The van der Waals surface area contributed by atoms with E-state index in [0.29, 0.717) is 42.2 Å². The maximum absolute atomic E-state index is 12.6. The number of rotatable bonds is 8. The highest BCUT2D eigenvalue weighted by molar-refractivity contribution is 5.90. The van der Waals surface area contributed by atoms with Crippen molar-refractivity contribution in [2.75, 3.05) is 40.5 Å². The summed E-state index contributed by atoms with van der Waals surface area (Å²) in [5.41, 5.74) is 0.524. The Bertz CT molecular complexity index is 658. The summed E-state index contributed by atoms with van der Waals surface area (Å²) >= 11 is 0. The van der Waals surface area contributed by atoms with Crippen molar-refractivity contribution in [3.63, 3.8) is 0 Å². The van der Waals surface area contributed by atoms with E-state index in [1.807, 2.05) is 0 Å². The average Bonchev–Trinajstić information content (AvgIpc) is 2.71. The molecule has 0 spiro atoms. The van der Waals surface area contributed by atoms with Crippen molar-refractivity contribution >= 4 is 5.97 Å². The molecule has 0 aliphatic carbocycles. The first kappa shape index (κ1) is 21.0. The highest BCUT2D eigenvalue weighted by Crippen LogP contribution is 2.36. The van der Waals surface area contributed by atoms with Gasteiger partial charge in [0.05, 0.1) is 45.5 Å². The minimum Gasteiger partial charge on any atom is -0.493 e. The number of piperidine rings is 2. The van der Waals surface area contributed by atoms with Gasteiger partial charge in [-0.05, 0) is 50.3 Å². The number of esters is 1. The van der Waals surface area contributed by atoms with Crippen molar-refractivity contribution in [1.29, 1.82) is 0 Å². The van der Waals surface area contributed by atoms with Crippen molar-refractivity contribution in [2.24, 2.45) is 5.92 Å². The number of benzene rings is 1. The summed E-state index contributed by atoms with van der Waals surface area (Å²) in [5, 5.41) is 0. The van der Waals surface area contributed by atoms with E-state index in [-0.39, 0.29) is 5.97 Å². The lowest BCUT2D eigenvalue weighted by atomic mass is 9.82. The quantitative estimate of drug-likeness (QED) is 0.374. The first-order valence-corrected chi connectivity index (χ1v) is 10.9. The normalized spacial score (nSPS) is 27.0. The van der Waals surface area contributed by atoms with Crippen molar-refractivity contribution in [1.82, 2.24) is 0 Å². The van der Waals surface area contributed by atoms with Crippen LogP contribution in [0.2, 0.25) is 0 Å². The molecule has 2 aliphatic rings. The van der Waals surface area contributed by atoms with Gasteiger partial charge in [-0.3, -0.25) is 0 Å². The summed E-state index contributed by atoms with van der Waals surface area (Å²) in [6.45, 7) is 5.84. The standard InChI is InChI=1S/C23H36NO4/c1-4-5-15-27-21-12-11-18(16-22(21)26-3)23(25)28-17-19-9-8-14-24(2)13-7-6-10-20(19)24/h11-12,16,19-20H,4-10,13-15,17H2,1-3H3/q+1/t19-,20-,24-/m0/s1. The van der Waals surface area contributed by atoms with Gasteiger partial charge < -0.3 is 18.7 Å². The molecule has 1 aromatic rings. The molecule has 5 nitrogen and oxygen atoms in total. The van der Waals surface area contributed by atoms with Crippen molar-refractivity contribution in [2.45, 2.75) is 57.9 Å². The van der Waals surface area contributed by atoms with Crippen LogP contribution in [0.4, 0.5) is 0 Å². The second-order valence-electron chi connectivity index (χ2n) is 8.56. The summed E-state index contributed by atoms with van der Waals surface area (Å²) in [6, 6.07) is 5.94. The van der Waals surface area contributed by atoms with Gasteiger partial charge >= 0.3 is 5.97 Å². The third kappa shape index (κ3) is 4.80. The molecule has 28 heavy (non-hydrogen) atoms. The van der Waals surface area contributed by atoms with Crippen LogP contribution in [-0.4, -0.2) is 57.0 Å². The molecule has 2 aliphatic heterocycles. The Morgan fingerprint density at radius 1 is 1.14 bits per heavy atom. The van der Waals surface area contributed by atoms with Crippen LogP contribution in [0, 0.1) is 5.92 Å². The summed E-state index contributed by atoms with van der Waals surface area (Å²) in [7, 11) is 3.99. The van der Waals surface area contributed by atoms with Crippen LogP contribution < -0.4 is 9.47 Å². The zero-order valence-electron chi connectivity index (χ0n) is 17.7. The molecule has 5 heteroatoms. The molecular weight excluding hydrogens is 354 g/mol. The molecular formula is C23H36NO4+. The lowest BCUT2D eigenvalue weighted by molar-refractivity contribution is -0.947. The number of carbonyl (C=O) groups excluding carboxylic acids is 1. The largest absolute Gasteiger partial charge is 0.493 e. The fourth-order valence-corrected chi connectivity index (χ4v) is 4.93. The molecule has 0 saturated carbocycles. The molecule has 3 atom stereocenters. The molecule has 2 fully saturated rings. The molecule has 2 heterocycles. The number of unbranched alkanes of at least 4 members (excludes halogenated alkanes) is 1. The number of carbonyl (C=O) groups is 1. The molecule has 0 unspecified atom stereocenters. The SMILES string of the molecule is CCCCOc1ccc(C(=O)OC[C@@H]2CCC[N@+]3(C)CCCC[C@@H]23)cc1OC. The van der Waals surface area contributed by atoms with Gasteiger partial charge in [0.2, 0.25) is 0 Å². The summed E-state index contributed by atoms with van der Waals surface area (Å²) in [6.07, 6.45) is 8.35. The van der Waals surface area contributed by atoms with Crippen LogP contribution in [0.15, 0.2) is 18.2 Å². The number of fused-ring (bicyclic) bond motifs is 1. The predicted octanol–water partition coefficient (Wildman–Crippen LogP) is 4.44. The smallest absolute Gasteiger partial charge is 0.338 e. The summed E-state index contributed by atoms with van der Waals surface area (Å²) in [5.74, 6) is 1.46. The van der Waals surface area contributed by atoms with Gasteiger partial charge in [-0.15, -0.1) is 0 Å². The first-order valence-electron chi connectivity index (χ1n) is 10.9. The van der Waals surface area contributed by atoms with Gasteiger partial charge in [0, 0.05) is 12.3 Å². The van der Waals surface area contributed by atoms with Crippen LogP contribution in [0.5, 0.6) is 11.5 Å². The molecule has 1 aromatic carbocycles.